The van der Waals surface area contributed by atoms with E-state index < -0.39 is 0 Å². The van der Waals surface area contributed by atoms with Gasteiger partial charge in [-0.2, -0.15) is 11.8 Å². The fourth-order valence-electron chi connectivity index (χ4n) is 4.45. The van der Waals surface area contributed by atoms with Gasteiger partial charge < -0.3 is 20.1 Å². The Morgan fingerprint density at radius 3 is 2.76 bits per heavy atom. The third-order valence-corrected chi connectivity index (χ3v) is 7.26. The summed E-state index contributed by atoms with van der Waals surface area (Å²) in [5, 5.41) is 6.69. The molecule has 29 heavy (non-hydrogen) atoms. The van der Waals surface area contributed by atoms with Crippen LogP contribution in [0.2, 0.25) is 0 Å². The van der Waals surface area contributed by atoms with Crippen molar-refractivity contribution in [3.63, 3.8) is 0 Å². The quantitative estimate of drug-likeness (QED) is 0.344. The lowest BCUT2D eigenvalue weighted by Crippen LogP contribution is -2.46. The number of ether oxygens (including phenoxy) is 2. The predicted octanol–water partition coefficient (Wildman–Crippen LogP) is 3.55. The van der Waals surface area contributed by atoms with Gasteiger partial charge in [-0.15, -0.1) is 0 Å². The van der Waals surface area contributed by atoms with Crippen molar-refractivity contribution in [2.75, 3.05) is 12.9 Å². The van der Waals surface area contributed by atoms with Crippen molar-refractivity contribution in [1.29, 1.82) is 0 Å². The number of hydrogen-bond acceptors (Lipinski definition) is 6. The van der Waals surface area contributed by atoms with Crippen molar-refractivity contribution in [2.24, 2.45) is 0 Å². The van der Waals surface area contributed by atoms with Crippen LogP contribution in [-0.4, -0.2) is 53.8 Å². The minimum absolute atomic E-state index is 0.0849. The molecule has 4 atom stereocenters. The molecule has 8 heteroatoms. The summed E-state index contributed by atoms with van der Waals surface area (Å²) in [6, 6.07) is 0.0147. The number of hydrogen-bond donors (Lipinski definition) is 2. The van der Waals surface area contributed by atoms with Crippen molar-refractivity contribution in [3.05, 3.63) is 0 Å². The molecule has 2 N–H and O–H groups in total. The molecule has 1 heterocycles. The number of carbonyl (C=O) groups is 3. The minimum Gasteiger partial charge on any atom is -0.469 e. The maximum Gasteiger partial charge on any atom is 0.315 e. The molecule has 0 spiro atoms. The topological polar surface area (TPSA) is 93.7 Å². The summed E-state index contributed by atoms with van der Waals surface area (Å²) >= 11 is 1.87. The first-order chi connectivity index (χ1) is 13.9. The van der Waals surface area contributed by atoms with Gasteiger partial charge in [0.15, 0.2) is 0 Å². The molecule has 2 fully saturated rings. The lowest BCUT2D eigenvalue weighted by atomic mass is 9.87. The summed E-state index contributed by atoms with van der Waals surface area (Å²) in [6.07, 6.45) is 8.76. The van der Waals surface area contributed by atoms with Gasteiger partial charge in [-0.1, -0.05) is 19.8 Å². The highest BCUT2D eigenvalue weighted by Crippen LogP contribution is 2.43. The van der Waals surface area contributed by atoms with E-state index in [2.05, 4.69) is 22.3 Å². The summed E-state index contributed by atoms with van der Waals surface area (Å²) in [6.45, 7) is 3.62. The number of amides is 2. The van der Waals surface area contributed by atoms with Crippen molar-refractivity contribution >= 4 is 29.7 Å². The highest BCUT2D eigenvalue weighted by Gasteiger charge is 2.52. The molecule has 2 aliphatic rings. The van der Waals surface area contributed by atoms with E-state index in [4.69, 9.17) is 4.74 Å². The van der Waals surface area contributed by atoms with E-state index in [0.29, 0.717) is 11.7 Å². The van der Waals surface area contributed by atoms with Crippen molar-refractivity contribution in [1.82, 2.24) is 10.6 Å². The van der Waals surface area contributed by atoms with Gasteiger partial charge in [-0.05, 0) is 50.7 Å². The average Bonchev–Trinajstić information content (AvgIpc) is 3.14. The van der Waals surface area contributed by atoms with Gasteiger partial charge in [0.25, 0.3) is 0 Å². The van der Waals surface area contributed by atoms with Crippen LogP contribution in [0.4, 0.5) is 4.79 Å². The third-order valence-electron chi connectivity index (χ3n) is 5.91. The molecule has 166 valence electrons. The maximum absolute atomic E-state index is 12.0. The zero-order valence-electron chi connectivity index (χ0n) is 18.0. The van der Waals surface area contributed by atoms with Crippen molar-refractivity contribution in [3.8, 4) is 0 Å². The number of urea groups is 1. The van der Waals surface area contributed by atoms with Crippen LogP contribution in [0.1, 0.15) is 78.1 Å². The largest absolute Gasteiger partial charge is 0.469 e. The third kappa shape index (κ3) is 7.39. The van der Waals surface area contributed by atoms with Crippen LogP contribution >= 0.6 is 11.8 Å². The Bertz CT molecular complexity index is 573. The van der Waals surface area contributed by atoms with Crippen molar-refractivity contribution < 1.29 is 23.9 Å². The first-order valence-electron chi connectivity index (χ1n) is 10.8. The molecule has 2 amide bonds. The second-order valence-corrected chi connectivity index (χ2v) is 9.59. The molecule has 1 saturated heterocycles. The zero-order valence-corrected chi connectivity index (χ0v) is 18.8. The van der Waals surface area contributed by atoms with Gasteiger partial charge in [-0.25, -0.2) is 4.79 Å². The smallest absolute Gasteiger partial charge is 0.315 e. The monoisotopic (exact) mass is 428 g/mol. The van der Waals surface area contributed by atoms with E-state index in [1.165, 1.54) is 14.0 Å². The molecule has 1 saturated carbocycles. The van der Waals surface area contributed by atoms with Crippen LogP contribution in [0.5, 0.6) is 0 Å². The number of esters is 2. The molecule has 2 rings (SSSR count). The Morgan fingerprint density at radius 1 is 1.28 bits per heavy atom. The SMILES string of the molecule is CCCCCC(CCC12CC(SCCCC(=O)OC)CC1NC(=O)N2)OC(C)=O. The molecular weight excluding hydrogens is 392 g/mol. The fourth-order valence-corrected chi connectivity index (χ4v) is 5.84. The predicted molar refractivity (Wildman–Crippen MR) is 114 cm³/mol. The molecule has 4 unspecified atom stereocenters. The van der Waals surface area contributed by atoms with Gasteiger partial charge in [0.1, 0.15) is 6.10 Å². The zero-order chi connectivity index (χ0) is 21.3. The number of thioether (sulfide) groups is 1. The van der Waals surface area contributed by atoms with E-state index in [-0.39, 0.29) is 35.7 Å². The van der Waals surface area contributed by atoms with Crippen molar-refractivity contribution in [2.45, 2.75) is 101 Å². The summed E-state index contributed by atoms with van der Waals surface area (Å²) in [7, 11) is 1.41. The minimum atomic E-state index is -0.264. The molecule has 0 radical (unpaired) electrons. The number of fused-ring (bicyclic) bond motifs is 1. The number of nitrogens with one attached hydrogen (secondary N) is 2. The first-order valence-corrected chi connectivity index (χ1v) is 11.9. The molecule has 7 nitrogen and oxygen atoms in total. The number of rotatable bonds is 13. The van der Waals surface area contributed by atoms with Gasteiger partial charge >= 0.3 is 18.0 Å². The van der Waals surface area contributed by atoms with Crippen LogP contribution in [0.15, 0.2) is 0 Å². The summed E-state index contributed by atoms with van der Waals surface area (Å²) in [4.78, 5) is 34.7. The average molecular weight is 429 g/mol. The molecule has 1 aliphatic heterocycles. The lowest BCUT2D eigenvalue weighted by molar-refractivity contribution is -0.147. The van der Waals surface area contributed by atoms with E-state index in [1.54, 1.807) is 0 Å². The van der Waals surface area contributed by atoms with Crippen LogP contribution in [-0.2, 0) is 19.1 Å². The molecule has 0 bridgehead atoms. The van der Waals surface area contributed by atoms with E-state index >= 15 is 0 Å². The molecule has 0 aromatic rings. The van der Waals surface area contributed by atoms with E-state index in [9.17, 15) is 14.4 Å². The number of carbonyl (C=O) groups excluding carboxylic acids is 3. The molecule has 1 aliphatic carbocycles. The van der Waals surface area contributed by atoms with Gasteiger partial charge in [-0.3, -0.25) is 9.59 Å². The fraction of sp³-hybridized carbons (Fsp3) is 0.857. The van der Waals surface area contributed by atoms with Crippen LogP contribution in [0, 0.1) is 0 Å². The van der Waals surface area contributed by atoms with Gasteiger partial charge in [0.2, 0.25) is 0 Å². The Balaban J connectivity index is 1.87. The second kappa shape index (κ2) is 11.7. The van der Waals surface area contributed by atoms with Crippen LogP contribution in [0.25, 0.3) is 0 Å². The number of methoxy groups -OCH3 is 1. The Kier molecular flexibility index (Phi) is 9.59. The standard InChI is InChI=1S/C21H36N2O5S/c1-4-5-6-8-16(28-15(2)24)10-11-21-14-17(13-18(21)22-20(26)23-21)29-12-7-9-19(25)27-3/h16-18H,4-14H2,1-3H3,(H2,22,23,26). The first kappa shape index (κ1) is 23.8. The highest BCUT2D eigenvalue weighted by molar-refractivity contribution is 7.99. The normalized spacial score (nSPS) is 26.4. The summed E-state index contributed by atoms with van der Waals surface area (Å²) in [5.41, 5.74) is -0.264. The summed E-state index contributed by atoms with van der Waals surface area (Å²) in [5.74, 6) is 0.502. The Labute approximate surface area is 178 Å². The lowest BCUT2D eigenvalue weighted by Gasteiger charge is -2.30. The van der Waals surface area contributed by atoms with Gasteiger partial charge in [0.05, 0.1) is 18.7 Å². The Hall–Kier alpha value is -1.44. The molecular formula is C21H36N2O5S. The summed E-state index contributed by atoms with van der Waals surface area (Å²) < 4.78 is 10.2. The van der Waals surface area contributed by atoms with E-state index in [1.807, 2.05) is 11.8 Å². The number of unbranched alkanes of at least 4 members (excludes halogenated alkanes) is 2. The maximum atomic E-state index is 12.0. The molecule has 0 aromatic heterocycles. The second-order valence-electron chi connectivity index (χ2n) is 8.19. The Morgan fingerprint density at radius 2 is 2.07 bits per heavy atom. The van der Waals surface area contributed by atoms with Crippen LogP contribution in [0.3, 0.4) is 0 Å². The van der Waals surface area contributed by atoms with Gasteiger partial charge in [0, 0.05) is 18.6 Å². The molecule has 0 aromatic carbocycles. The van der Waals surface area contributed by atoms with Crippen LogP contribution < -0.4 is 10.6 Å². The van der Waals surface area contributed by atoms with E-state index in [0.717, 1.165) is 63.5 Å². The highest BCUT2D eigenvalue weighted by atomic mass is 32.2.